The highest BCUT2D eigenvalue weighted by atomic mass is 14.7. The van der Waals surface area contributed by atoms with Gasteiger partial charge < -0.3 is 0 Å². The van der Waals surface area contributed by atoms with Crippen LogP contribution >= 0.6 is 0 Å². The van der Waals surface area contributed by atoms with Crippen LogP contribution in [0.1, 0.15) is 20.8 Å². The molecule has 0 aromatic carbocycles. The van der Waals surface area contributed by atoms with Crippen LogP contribution in [0.4, 0.5) is 0 Å². The number of nitrogens with zero attached hydrogens (tertiary/aromatic N) is 2. The standard InChI is InChI=1S/C9H16N2/c1-9(2,3)8(11-5)6-7-10-4/h6-7H,5H2,1-4H3/b8-6-,10-7?. The van der Waals surface area contributed by atoms with Gasteiger partial charge in [0.05, 0.1) is 0 Å². The quantitative estimate of drug-likeness (QED) is 0.542. The smallest absolute Gasteiger partial charge is 0.0464 e. The van der Waals surface area contributed by atoms with Gasteiger partial charge in [0.1, 0.15) is 0 Å². The molecule has 0 saturated heterocycles. The molecule has 62 valence electrons. The molecule has 0 bridgehead atoms. The molecule has 0 rings (SSSR count). The molecule has 0 heterocycles. The Bertz CT molecular complexity index is 182. The van der Waals surface area contributed by atoms with E-state index in [9.17, 15) is 0 Å². The average molecular weight is 152 g/mol. The highest BCUT2D eigenvalue weighted by Crippen LogP contribution is 2.24. The van der Waals surface area contributed by atoms with E-state index in [4.69, 9.17) is 0 Å². The van der Waals surface area contributed by atoms with Crippen LogP contribution in [0.5, 0.6) is 0 Å². The van der Waals surface area contributed by atoms with Crippen molar-refractivity contribution in [2.75, 3.05) is 7.05 Å². The molecule has 0 aromatic heterocycles. The van der Waals surface area contributed by atoms with Gasteiger partial charge in [0.25, 0.3) is 0 Å². The van der Waals surface area contributed by atoms with Gasteiger partial charge in [-0.3, -0.25) is 9.98 Å². The van der Waals surface area contributed by atoms with Gasteiger partial charge >= 0.3 is 0 Å². The third-order valence-corrected chi connectivity index (χ3v) is 1.32. The second kappa shape index (κ2) is 4.06. The Morgan fingerprint density at radius 2 is 1.91 bits per heavy atom. The van der Waals surface area contributed by atoms with Crippen molar-refractivity contribution in [1.29, 1.82) is 0 Å². The molecule has 0 aliphatic heterocycles. The maximum absolute atomic E-state index is 3.92. The summed E-state index contributed by atoms with van der Waals surface area (Å²) in [5.41, 5.74) is 1.02. The molecule has 0 amide bonds. The van der Waals surface area contributed by atoms with Crippen molar-refractivity contribution in [2.45, 2.75) is 20.8 Å². The zero-order valence-electron chi connectivity index (χ0n) is 7.76. The lowest BCUT2D eigenvalue weighted by molar-refractivity contribution is 0.500. The molecule has 0 saturated carbocycles. The Morgan fingerprint density at radius 3 is 2.18 bits per heavy atom. The van der Waals surface area contributed by atoms with Gasteiger partial charge in [0, 0.05) is 24.4 Å². The van der Waals surface area contributed by atoms with E-state index >= 15 is 0 Å². The number of aliphatic imine (C=N–C) groups is 2. The van der Waals surface area contributed by atoms with Gasteiger partial charge in [-0.05, 0) is 12.8 Å². The summed E-state index contributed by atoms with van der Waals surface area (Å²) in [4.78, 5) is 7.76. The molecule has 0 unspecified atom stereocenters. The molecule has 2 heteroatoms. The molecule has 0 radical (unpaired) electrons. The lowest BCUT2D eigenvalue weighted by atomic mass is 9.92. The SMILES string of the molecule is C=N/C(=C\C=NC)C(C)(C)C. The summed E-state index contributed by atoms with van der Waals surface area (Å²) in [6.07, 6.45) is 3.61. The van der Waals surface area contributed by atoms with Crippen LogP contribution in [-0.4, -0.2) is 20.0 Å². The second-order valence-electron chi connectivity index (χ2n) is 3.37. The van der Waals surface area contributed by atoms with E-state index in [-0.39, 0.29) is 5.41 Å². The van der Waals surface area contributed by atoms with E-state index < -0.39 is 0 Å². The maximum Gasteiger partial charge on any atom is 0.0464 e. The number of hydrogen-bond acceptors (Lipinski definition) is 2. The Labute approximate surface area is 68.8 Å². The lowest BCUT2D eigenvalue weighted by Gasteiger charge is -2.17. The van der Waals surface area contributed by atoms with Crippen LogP contribution < -0.4 is 0 Å². The van der Waals surface area contributed by atoms with Crippen LogP contribution in [-0.2, 0) is 0 Å². The Kier molecular flexibility index (Phi) is 3.72. The minimum Gasteiger partial charge on any atom is -0.296 e. The Morgan fingerprint density at radius 1 is 1.36 bits per heavy atom. The predicted molar refractivity (Wildman–Crippen MR) is 51.5 cm³/mol. The Hall–Kier alpha value is -0.920. The number of hydrogen-bond donors (Lipinski definition) is 0. The summed E-state index contributed by atoms with van der Waals surface area (Å²) in [7, 11) is 1.74. The minimum atomic E-state index is 0.0585. The molecule has 0 aliphatic carbocycles. The fourth-order valence-electron chi connectivity index (χ4n) is 0.685. The first-order chi connectivity index (χ1) is 5.02. The van der Waals surface area contributed by atoms with E-state index in [1.807, 2.05) is 6.08 Å². The highest BCUT2D eigenvalue weighted by molar-refractivity contribution is 5.72. The van der Waals surface area contributed by atoms with Crippen molar-refractivity contribution in [3.63, 3.8) is 0 Å². The third kappa shape index (κ3) is 3.71. The van der Waals surface area contributed by atoms with Gasteiger partial charge in [-0.1, -0.05) is 20.8 Å². The molecule has 0 aliphatic rings. The zero-order valence-corrected chi connectivity index (χ0v) is 7.76. The van der Waals surface area contributed by atoms with Crippen LogP contribution in [0.25, 0.3) is 0 Å². The third-order valence-electron chi connectivity index (χ3n) is 1.32. The summed E-state index contributed by atoms with van der Waals surface area (Å²) >= 11 is 0. The first-order valence-corrected chi connectivity index (χ1v) is 3.62. The van der Waals surface area contributed by atoms with Gasteiger partial charge in [-0.15, -0.1) is 0 Å². The van der Waals surface area contributed by atoms with Gasteiger partial charge in [-0.25, -0.2) is 0 Å². The topological polar surface area (TPSA) is 24.7 Å². The molecule has 0 fully saturated rings. The summed E-state index contributed by atoms with van der Waals surface area (Å²) < 4.78 is 0. The van der Waals surface area contributed by atoms with Crippen LogP contribution in [0.2, 0.25) is 0 Å². The highest BCUT2D eigenvalue weighted by Gasteiger charge is 2.14. The molecule has 0 spiro atoms. The van der Waals surface area contributed by atoms with Gasteiger partial charge in [0.2, 0.25) is 0 Å². The summed E-state index contributed by atoms with van der Waals surface area (Å²) in [6, 6.07) is 0. The van der Waals surface area contributed by atoms with E-state index in [0.29, 0.717) is 0 Å². The Balaban J connectivity index is 4.53. The van der Waals surface area contributed by atoms with E-state index in [1.54, 1.807) is 13.3 Å². The fourth-order valence-corrected chi connectivity index (χ4v) is 0.685. The first-order valence-electron chi connectivity index (χ1n) is 3.62. The molecule has 2 nitrogen and oxygen atoms in total. The number of rotatable bonds is 2. The van der Waals surface area contributed by atoms with Crippen molar-refractivity contribution in [2.24, 2.45) is 15.4 Å². The lowest BCUT2D eigenvalue weighted by Crippen LogP contribution is -2.07. The largest absolute Gasteiger partial charge is 0.296 e. The van der Waals surface area contributed by atoms with Crippen molar-refractivity contribution in [3.05, 3.63) is 11.8 Å². The summed E-state index contributed by atoms with van der Waals surface area (Å²) in [6.45, 7) is 9.78. The molecular formula is C9H16N2. The number of allylic oxidation sites excluding steroid dienone is 2. The molecule has 0 aromatic rings. The fraction of sp³-hybridized carbons (Fsp3) is 0.556. The summed E-state index contributed by atoms with van der Waals surface area (Å²) in [5.74, 6) is 0. The van der Waals surface area contributed by atoms with Crippen LogP contribution in [0, 0.1) is 5.41 Å². The van der Waals surface area contributed by atoms with Crippen LogP contribution in [0.15, 0.2) is 21.8 Å². The predicted octanol–water partition coefficient (Wildman–Crippen LogP) is 2.32. The molecule has 0 atom stereocenters. The molecule has 0 N–H and O–H groups in total. The van der Waals surface area contributed by atoms with Gasteiger partial charge in [-0.2, -0.15) is 0 Å². The normalized spacial score (nSPS) is 14.0. The molecular weight excluding hydrogens is 136 g/mol. The van der Waals surface area contributed by atoms with Crippen molar-refractivity contribution in [1.82, 2.24) is 0 Å². The average Bonchev–Trinajstić information content (AvgIpc) is 1.87. The molecule has 11 heavy (non-hydrogen) atoms. The van der Waals surface area contributed by atoms with Crippen LogP contribution in [0.3, 0.4) is 0 Å². The van der Waals surface area contributed by atoms with Crippen molar-refractivity contribution < 1.29 is 0 Å². The first kappa shape index (κ1) is 10.1. The summed E-state index contributed by atoms with van der Waals surface area (Å²) in [5, 5.41) is 0. The van der Waals surface area contributed by atoms with Gasteiger partial charge in [0.15, 0.2) is 0 Å². The minimum absolute atomic E-state index is 0.0585. The van der Waals surface area contributed by atoms with Crippen molar-refractivity contribution >= 4 is 12.9 Å². The maximum atomic E-state index is 3.92. The van der Waals surface area contributed by atoms with E-state index in [1.165, 1.54) is 0 Å². The van der Waals surface area contributed by atoms with E-state index in [2.05, 4.69) is 37.5 Å². The van der Waals surface area contributed by atoms with E-state index in [0.717, 1.165) is 5.70 Å². The second-order valence-corrected chi connectivity index (χ2v) is 3.37. The zero-order chi connectivity index (χ0) is 8.91. The van der Waals surface area contributed by atoms with Crippen molar-refractivity contribution in [3.8, 4) is 0 Å². The monoisotopic (exact) mass is 152 g/mol.